The SMILES string of the molecule is N#CC(=C1C(=C(\C#N)c2cc(C(F)(F)F)cc(C(F)(F)F)c2)/C1=C(\C#N)c1c(F)c(F)c(C#N)c(C#N)c1F)c1c(F)c(F)c(C#N)c(F)c1F. The van der Waals surface area contributed by atoms with Crippen LogP contribution in [0, 0.1) is 109 Å². The van der Waals surface area contributed by atoms with Crippen molar-refractivity contribution in [3.8, 4) is 36.4 Å². The van der Waals surface area contributed by atoms with Gasteiger partial charge in [-0.05, 0) is 23.8 Å². The summed E-state index contributed by atoms with van der Waals surface area (Å²) >= 11 is 0. The molecule has 3 aromatic rings. The lowest BCUT2D eigenvalue weighted by atomic mass is 9.96. The van der Waals surface area contributed by atoms with Crippen molar-refractivity contribution in [1.82, 2.24) is 0 Å². The Balaban J connectivity index is 2.36. The topological polar surface area (TPSA) is 143 Å². The summed E-state index contributed by atoms with van der Waals surface area (Å²) in [6.07, 6.45) is -11.1. The molecule has 1 aliphatic carbocycles. The molecule has 3 aromatic carbocycles. The van der Waals surface area contributed by atoms with E-state index in [0.717, 1.165) is 36.4 Å². The molecule has 0 aromatic heterocycles. The molecule has 0 amide bonds. The molecule has 252 valence electrons. The Morgan fingerprint density at radius 3 is 1.06 bits per heavy atom. The Kier molecular flexibility index (Phi) is 9.18. The van der Waals surface area contributed by atoms with Crippen LogP contribution < -0.4 is 0 Å². The van der Waals surface area contributed by atoms with Crippen molar-refractivity contribution >= 4 is 16.7 Å². The van der Waals surface area contributed by atoms with Crippen LogP contribution in [0.4, 0.5) is 57.1 Å². The maximum absolute atomic E-state index is 15.5. The van der Waals surface area contributed by atoms with Crippen LogP contribution in [0.5, 0.6) is 0 Å². The normalized spacial score (nSPS) is 15.4. The van der Waals surface area contributed by atoms with Crippen LogP contribution in [0.25, 0.3) is 16.7 Å². The molecule has 0 saturated heterocycles. The molecule has 0 bridgehead atoms. The van der Waals surface area contributed by atoms with E-state index in [1.807, 2.05) is 0 Å². The van der Waals surface area contributed by atoms with E-state index in [1.54, 1.807) is 0 Å². The predicted molar refractivity (Wildman–Crippen MR) is 141 cm³/mol. The van der Waals surface area contributed by atoms with Crippen molar-refractivity contribution in [1.29, 1.82) is 31.6 Å². The molecule has 1 saturated carbocycles. The maximum Gasteiger partial charge on any atom is 0.416 e. The van der Waals surface area contributed by atoms with Crippen LogP contribution in [0.3, 0.4) is 0 Å². The highest BCUT2D eigenvalue weighted by molar-refractivity contribution is 6.12. The standard InChI is InChI=1S/C32H3F13N6/c33-24-14(5-47)15(6-48)25(34)28(37)22(24)16(7-49)20-19(13(4-46)10-1-11(31(40,41)42)3-12(2-10)32(43,44)45)21(20)17(8-50)23-29(38)26(35)18(9-51)27(36)30(23)39/h1-3H/b19-13+,20-16-,21-17?. The highest BCUT2D eigenvalue weighted by Gasteiger charge is 2.46. The second-order valence-electron chi connectivity index (χ2n) is 9.79. The van der Waals surface area contributed by atoms with E-state index in [0.29, 0.717) is 0 Å². The summed E-state index contributed by atoms with van der Waals surface area (Å²) < 4.78 is 187. The van der Waals surface area contributed by atoms with E-state index >= 15 is 17.6 Å². The zero-order chi connectivity index (χ0) is 38.5. The summed E-state index contributed by atoms with van der Waals surface area (Å²) in [5, 5.41) is 57.0. The fourth-order valence-corrected chi connectivity index (χ4v) is 4.81. The summed E-state index contributed by atoms with van der Waals surface area (Å²) in [7, 11) is 0. The van der Waals surface area contributed by atoms with Crippen LogP contribution in [-0.2, 0) is 12.4 Å². The summed E-state index contributed by atoms with van der Waals surface area (Å²) in [6, 6.07) is 5.38. The van der Waals surface area contributed by atoms with Crippen LogP contribution in [0.2, 0.25) is 0 Å². The van der Waals surface area contributed by atoms with Gasteiger partial charge in [0.2, 0.25) is 0 Å². The summed E-state index contributed by atoms with van der Waals surface area (Å²) in [4.78, 5) is 0. The number of hydrogen-bond donors (Lipinski definition) is 0. The average Bonchev–Trinajstić information content (AvgIpc) is 3.78. The van der Waals surface area contributed by atoms with Gasteiger partial charge in [0, 0.05) is 16.7 Å². The zero-order valence-electron chi connectivity index (χ0n) is 23.8. The number of alkyl halides is 6. The second kappa shape index (κ2) is 12.7. The summed E-state index contributed by atoms with van der Waals surface area (Å²) in [6.45, 7) is 0. The molecule has 4 rings (SSSR count). The highest BCUT2D eigenvalue weighted by Crippen LogP contribution is 2.57. The van der Waals surface area contributed by atoms with Gasteiger partial charge in [0.25, 0.3) is 0 Å². The molecule has 0 N–H and O–H groups in total. The fraction of sp³-hybridized carbons (Fsp3) is 0.0625. The number of halogens is 13. The van der Waals surface area contributed by atoms with Gasteiger partial charge in [-0.3, -0.25) is 0 Å². The van der Waals surface area contributed by atoms with Gasteiger partial charge in [-0.1, -0.05) is 0 Å². The van der Waals surface area contributed by atoms with Crippen molar-refractivity contribution in [2.75, 3.05) is 0 Å². The van der Waals surface area contributed by atoms with Gasteiger partial charge in [0.1, 0.15) is 53.1 Å². The number of rotatable bonds is 3. The lowest BCUT2D eigenvalue weighted by Gasteiger charge is -2.13. The molecule has 0 radical (unpaired) electrons. The molecule has 1 aliphatic rings. The van der Waals surface area contributed by atoms with E-state index in [-0.39, 0.29) is 12.1 Å². The van der Waals surface area contributed by atoms with Crippen molar-refractivity contribution in [3.63, 3.8) is 0 Å². The highest BCUT2D eigenvalue weighted by atomic mass is 19.4. The van der Waals surface area contributed by atoms with Crippen molar-refractivity contribution < 1.29 is 57.1 Å². The zero-order valence-corrected chi connectivity index (χ0v) is 23.8. The van der Waals surface area contributed by atoms with E-state index < -0.39 is 137 Å². The van der Waals surface area contributed by atoms with Crippen molar-refractivity contribution in [3.05, 3.63) is 120 Å². The Morgan fingerprint density at radius 2 is 0.725 bits per heavy atom. The lowest BCUT2D eigenvalue weighted by molar-refractivity contribution is -0.143. The molecule has 1 fully saturated rings. The Morgan fingerprint density at radius 1 is 0.412 bits per heavy atom. The summed E-state index contributed by atoms with van der Waals surface area (Å²) in [5.41, 5.74) is -23.0. The molecular weight excluding hydrogens is 715 g/mol. The van der Waals surface area contributed by atoms with Crippen LogP contribution in [-0.4, -0.2) is 0 Å². The second-order valence-corrected chi connectivity index (χ2v) is 9.79. The van der Waals surface area contributed by atoms with Gasteiger partial charge >= 0.3 is 12.4 Å². The summed E-state index contributed by atoms with van der Waals surface area (Å²) in [5.74, 6) is -16.8. The lowest BCUT2D eigenvalue weighted by Crippen LogP contribution is -2.11. The third-order valence-corrected chi connectivity index (χ3v) is 7.07. The number of hydrogen-bond acceptors (Lipinski definition) is 6. The van der Waals surface area contributed by atoms with E-state index in [2.05, 4.69) is 0 Å². The molecule has 6 nitrogen and oxygen atoms in total. The van der Waals surface area contributed by atoms with Gasteiger partial charge in [0.15, 0.2) is 40.7 Å². The number of benzene rings is 3. The first-order valence-corrected chi connectivity index (χ1v) is 12.8. The molecular formula is C32H3F13N6. The number of allylic oxidation sites excluding steroid dienone is 6. The van der Waals surface area contributed by atoms with E-state index in [9.17, 15) is 60.6 Å². The van der Waals surface area contributed by atoms with Crippen molar-refractivity contribution in [2.24, 2.45) is 0 Å². The maximum atomic E-state index is 15.5. The minimum absolute atomic E-state index is 0.0784. The van der Waals surface area contributed by atoms with Crippen molar-refractivity contribution in [2.45, 2.75) is 12.4 Å². The van der Waals surface area contributed by atoms with Crippen LogP contribution in [0.1, 0.15) is 44.5 Å². The Hall–Kier alpha value is -7.09. The van der Waals surface area contributed by atoms with Gasteiger partial charge in [-0.2, -0.15) is 57.9 Å². The van der Waals surface area contributed by atoms with Gasteiger partial charge < -0.3 is 0 Å². The third kappa shape index (κ3) is 5.84. The molecule has 0 atom stereocenters. The van der Waals surface area contributed by atoms with Gasteiger partial charge in [-0.15, -0.1) is 0 Å². The molecule has 19 heteroatoms. The Bertz CT molecular complexity index is 2420. The quantitative estimate of drug-likeness (QED) is 0.151. The third-order valence-electron chi connectivity index (χ3n) is 7.07. The first-order valence-electron chi connectivity index (χ1n) is 12.8. The monoisotopic (exact) mass is 718 g/mol. The van der Waals surface area contributed by atoms with E-state index in [4.69, 9.17) is 10.5 Å². The molecule has 0 aliphatic heterocycles. The molecule has 51 heavy (non-hydrogen) atoms. The number of nitrogens with zero attached hydrogens (tertiary/aromatic N) is 6. The molecule has 0 spiro atoms. The average molecular weight is 718 g/mol. The largest absolute Gasteiger partial charge is 0.416 e. The first kappa shape index (κ1) is 36.7. The minimum Gasteiger partial charge on any atom is -0.205 e. The van der Waals surface area contributed by atoms with Gasteiger partial charge in [0.05, 0.1) is 39.0 Å². The smallest absolute Gasteiger partial charge is 0.205 e. The molecule has 0 unspecified atom stereocenters. The molecule has 0 heterocycles. The fourth-order valence-electron chi connectivity index (χ4n) is 4.81. The van der Waals surface area contributed by atoms with Crippen LogP contribution in [0.15, 0.2) is 34.9 Å². The van der Waals surface area contributed by atoms with Gasteiger partial charge in [-0.25, -0.2) is 30.7 Å². The van der Waals surface area contributed by atoms with Crippen LogP contribution >= 0.6 is 0 Å². The Labute approximate surface area is 274 Å². The van der Waals surface area contributed by atoms with E-state index in [1.165, 1.54) is 0 Å². The number of nitriles is 6. The minimum atomic E-state index is -5.55. The first-order chi connectivity index (χ1) is 23.8. The predicted octanol–water partition coefficient (Wildman–Crippen LogP) is 8.56.